The number of hydrogen-bond acceptors (Lipinski definition) is 6. The van der Waals surface area contributed by atoms with Crippen molar-refractivity contribution >= 4 is 21.4 Å². The Morgan fingerprint density at radius 3 is 2.86 bits per heavy atom. The lowest BCUT2D eigenvalue weighted by Crippen LogP contribution is -2.24. The number of hydrogen-bond donors (Lipinski definition) is 2. The zero-order chi connectivity index (χ0) is 15.3. The molecule has 0 aliphatic carbocycles. The van der Waals surface area contributed by atoms with Gasteiger partial charge >= 0.3 is 0 Å². The number of sulfonamides is 1. The van der Waals surface area contributed by atoms with Crippen molar-refractivity contribution < 1.29 is 18.3 Å². The Bertz CT molecular complexity index is 684. The summed E-state index contributed by atoms with van der Waals surface area (Å²) in [6, 6.07) is 4.68. The van der Waals surface area contributed by atoms with Crippen LogP contribution in [0.3, 0.4) is 0 Å². The van der Waals surface area contributed by atoms with Crippen LogP contribution < -0.4 is 9.46 Å². The molecular formula is C13H16N2O4S2. The zero-order valence-electron chi connectivity index (χ0n) is 11.4. The molecule has 2 rings (SSSR count). The van der Waals surface area contributed by atoms with E-state index in [0.717, 1.165) is 0 Å². The highest BCUT2D eigenvalue weighted by molar-refractivity contribution is 7.89. The van der Waals surface area contributed by atoms with Gasteiger partial charge in [-0.05, 0) is 30.2 Å². The molecule has 2 aromatic rings. The molecular weight excluding hydrogens is 312 g/mol. The molecule has 0 unspecified atom stereocenters. The third kappa shape index (κ3) is 4.01. The van der Waals surface area contributed by atoms with E-state index in [2.05, 4.69) is 9.71 Å². The van der Waals surface area contributed by atoms with Crippen molar-refractivity contribution in [3.05, 3.63) is 40.3 Å². The van der Waals surface area contributed by atoms with Gasteiger partial charge in [0.1, 0.15) is 5.75 Å². The van der Waals surface area contributed by atoms with Crippen LogP contribution in [0.5, 0.6) is 5.75 Å². The van der Waals surface area contributed by atoms with Gasteiger partial charge in [-0.3, -0.25) is 0 Å². The van der Waals surface area contributed by atoms with E-state index in [1.165, 1.54) is 24.5 Å². The maximum atomic E-state index is 12.4. The van der Waals surface area contributed by atoms with Crippen LogP contribution in [0.4, 0.5) is 0 Å². The van der Waals surface area contributed by atoms with Crippen LogP contribution in [0, 0.1) is 0 Å². The number of methoxy groups -OCH3 is 1. The first kappa shape index (κ1) is 15.9. The van der Waals surface area contributed by atoms with Crippen molar-refractivity contribution in [3.8, 4) is 5.75 Å². The van der Waals surface area contributed by atoms with Gasteiger partial charge in [0.25, 0.3) is 0 Å². The lowest BCUT2D eigenvalue weighted by molar-refractivity contribution is 0.298. The molecule has 0 bridgehead atoms. The van der Waals surface area contributed by atoms with Gasteiger partial charge in [-0.2, -0.15) is 0 Å². The van der Waals surface area contributed by atoms with Crippen LogP contribution >= 0.6 is 11.3 Å². The number of aliphatic hydroxyl groups is 1. The molecule has 1 heterocycles. The third-order valence-electron chi connectivity index (χ3n) is 2.87. The highest BCUT2D eigenvalue weighted by Gasteiger charge is 2.19. The lowest BCUT2D eigenvalue weighted by Gasteiger charge is -2.12. The average molecular weight is 328 g/mol. The second-order valence-electron chi connectivity index (χ2n) is 4.25. The van der Waals surface area contributed by atoms with E-state index in [1.54, 1.807) is 23.0 Å². The predicted molar refractivity (Wildman–Crippen MR) is 79.9 cm³/mol. The maximum Gasteiger partial charge on any atom is 0.241 e. The number of ether oxygens (including phenoxy) is 1. The molecule has 0 amide bonds. The molecule has 1 aromatic heterocycles. The Labute approximate surface area is 127 Å². The molecule has 0 radical (unpaired) electrons. The van der Waals surface area contributed by atoms with E-state index < -0.39 is 10.0 Å². The van der Waals surface area contributed by atoms with Gasteiger partial charge in [-0.25, -0.2) is 18.1 Å². The molecule has 1 aromatic carbocycles. The van der Waals surface area contributed by atoms with Crippen LogP contribution in [0.25, 0.3) is 0 Å². The summed E-state index contributed by atoms with van der Waals surface area (Å²) in [7, 11) is -2.16. The summed E-state index contributed by atoms with van der Waals surface area (Å²) in [6.45, 7) is -0.00178. The first-order valence-electron chi connectivity index (χ1n) is 6.21. The Hall–Kier alpha value is -1.48. The molecule has 0 saturated heterocycles. The Morgan fingerprint density at radius 1 is 1.43 bits per heavy atom. The molecule has 0 saturated carbocycles. The number of nitrogens with one attached hydrogen (secondary N) is 1. The van der Waals surface area contributed by atoms with Gasteiger partial charge in [0.2, 0.25) is 10.0 Å². The van der Waals surface area contributed by atoms with Crippen LogP contribution in [0.2, 0.25) is 0 Å². The molecule has 114 valence electrons. The summed E-state index contributed by atoms with van der Waals surface area (Å²) >= 11 is 1.41. The predicted octanol–water partition coefficient (Wildman–Crippen LogP) is 1.16. The van der Waals surface area contributed by atoms with E-state index in [-0.39, 0.29) is 24.5 Å². The SMILES string of the molecule is COc1ccc(S(=O)(=O)NCc2cscn2)c(CCO)c1. The summed E-state index contributed by atoms with van der Waals surface area (Å²) in [6.07, 6.45) is 0.240. The minimum atomic E-state index is -3.67. The second kappa shape index (κ2) is 6.99. The summed E-state index contributed by atoms with van der Waals surface area (Å²) in [4.78, 5) is 4.18. The van der Waals surface area contributed by atoms with E-state index in [9.17, 15) is 8.42 Å². The van der Waals surface area contributed by atoms with Gasteiger partial charge in [-0.1, -0.05) is 0 Å². The first-order valence-corrected chi connectivity index (χ1v) is 8.64. The average Bonchev–Trinajstić information content (AvgIpc) is 2.99. The van der Waals surface area contributed by atoms with Crippen LogP contribution in [0.15, 0.2) is 34.0 Å². The van der Waals surface area contributed by atoms with Crippen LogP contribution in [0.1, 0.15) is 11.3 Å². The van der Waals surface area contributed by atoms with E-state index in [0.29, 0.717) is 17.0 Å². The van der Waals surface area contributed by atoms with Crippen LogP contribution in [-0.2, 0) is 23.0 Å². The minimum absolute atomic E-state index is 0.135. The van der Waals surface area contributed by atoms with E-state index in [4.69, 9.17) is 9.84 Å². The molecule has 0 aliphatic heterocycles. The summed E-state index contributed by atoms with van der Waals surface area (Å²) in [5.41, 5.74) is 2.83. The minimum Gasteiger partial charge on any atom is -0.497 e. The summed E-state index contributed by atoms with van der Waals surface area (Å²) < 4.78 is 32.3. The number of rotatable bonds is 7. The molecule has 6 nitrogen and oxygen atoms in total. The summed E-state index contributed by atoms with van der Waals surface area (Å²) in [5.74, 6) is 0.553. The maximum absolute atomic E-state index is 12.4. The number of thiazole rings is 1. The molecule has 0 atom stereocenters. The molecule has 2 N–H and O–H groups in total. The standard InChI is InChI=1S/C13H16N2O4S2/c1-19-12-2-3-13(10(6-12)4-5-16)21(17,18)15-7-11-8-20-9-14-11/h2-3,6,8-9,15-16H,4-5,7H2,1H3. The summed E-state index contributed by atoms with van der Waals surface area (Å²) in [5, 5.41) is 10.9. The fourth-order valence-corrected chi connectivity index (χ4v) is 3.64. The van der Waals surface area contributed by atoms with Gasteiger partial charge in [0, 0.05) is 12.0 Å². The highest BCUT2D eigenvalue weighted by Crippen LogP contribution is 2.22. The number of benzene rings is 1. The smallest absolute Gasteiger partial charge is 0.241 e. The largest absolute Gasteiger partial charge is 0.497 e. The highest BCUT2D eigenvalue weighted by atomic mass is 32.2. The van der Waals surface area contributed by atoms with Crippen molar-refractivity contribution in [1.82, 2.24) is 9.71 Å². The van der Waals surface area contributed by atoms with Crippen molar-refractivity contribution in [2.75, 3.05) is 13.7 Å². The second-order valence-corrected chi connectivity index (χ2v) is 6.71. The van der Waals surface area contributed by atoms with Gasteiger partial charge in [-0.15, -0.1) is 11.3 Å². The first-order chi connectivity index (χ1) is 10.1. The fraction of sp³-hybridized carbons (Fsp3) is 0.308. The fourth-order valence-electron chi connectivity index (χ4n) is 1.83. The third-order valence-corrected chi connectivity index (χ3v) is 5.00. The molecule has 0 fully saturated rings. The number of nitrogens with zero attached hydrogens (tertiary/aromatic N) is 1. The quantitative estimate of drug-likeness (QED) is 0.796. The molecule has 8 heteroatoms. The van der Waals surface area contributed by atoms with Gasteiger partial charge in [0.05, 0.1) is 29.8 Å². The lowest BCUT2D eigenvalue weighted by atomic mass is 10.1. The monoisotopic (exact) mass is 328 g/mol. The Balaban J connectivity index is 2.25. The topological polar surface area (TPSA) is 88.5 Å². The van der Waals surface area contributed by atoms with Crippen molar-refractivity contribution in [2.24, 2.45) is 0 Å². The Morgan fingerprint density at radius 2 is 2.24 bits per heavy atom. The van der Waals surface area contributed by atoms with Gasteiger partial charge < -0.3 is 9.84 Å². The van der Waals surface area contributed by atoms with Crippen molar-refractivity contribution in [2.45, 2.75) is 17.9 Å². The molecule has 0 spiro atoms. The number of aromatic nitrogens is 1. The molecule has 21 heavy (non-hydrogen) atoms. The zero-order valence-corrected chi connectivity index (χ0v) is 13.1. The Kier molecular flexibility index (Phi) is 5.29. The van der Waals surface area contributed by atoms with Crippen LogP contribution in [-0.4, -0.2) is 32.2 Å². The van der Waals surface area contributed by atoms with E-state index >= 15 is 0 Å². The normalized spacial score (nSPS) is 11.5. The van der Waals surface area contributed by atoms with Crippen molar-refractivity contribution in [1.29, 1.82) is 0 Å². The van der Waals surface area contributed by atoms with Crippen molar-refractivity contribution in [3.63, 3.8) is 0 Å². The van der Waals surface area contributed by atoms with E-state index in [1.807, 2.05) is 0 Å². The number of aliphatic hydroxyl groups excluding tert-OH is 1. The van der Waals surface area contributed by atoms with Gasteiger partial charge in [0.15, 0.2) is 0 Å². The molecule has 0 aliphatic rings.